The Labute approximate surface area is 217 Å². The molecule has 0 fully saturated rings. The lowest BCUT2D eigenvalue weighted by Gasteiger charge is -2.16. The SMILES string of the molecule is O=C(Cc1ccncc1)NCCc1ccc(S(=O)(=O)NC(=O)Nc2c3c(cc4c2CCC4)CCC3)cc1. The molecular weight excluding hydrogens is 488 g/mol. The molecule has 0 atom stereocenters. The van der Waals surface area contributed by atoms with Crippen LogP contribution >= 0.6 is 0 Å². The van der Waals surface area contributed by atoms with Gasteiger partial charge >= 0.3 is 6.03 Å². The van der Waals surface area contributed by atoms with Crippen molar-refractivity contribution in [2.45, 2.75) is 56.3 Å². The van der Waals surface area contributed by atoms with Crippen LogP contribution in [0.2, 0.25) is 0 Å². The summed E-state index contributed by atoms with van der Waals surface area (Å²) in [7, 11) is -4.03. The second-order valence-corrected chi connectivity index (χ2v) is 11.3. The minimum absolute atomic E-state index is 0.0108. The number of benzene rings is 2. The molecule has 3 N–H and O–H groups in total. The van der Waals surface area contributed by atoms with Gasteiger partial charge in [0.2, 0.25) is 5.91 Å². The fraction of sp³-hybridized carbons (Fsp3) is 0.321. The number of carbonyl (C=O) groups is 2. The van der Waals surface area contributed by atoms with E-state index in [1.165, 1.54) is 23.3 Å². The molecule has 3 amide bonds. The third-order valence-electron chi connectivity index (χ3n) is 7.02. The predicted octanol–water partition coefficient (Wildman–Crippen LogP) is 3.47. The van der Waals surface area contributed by atoms with Crippen LogP contribution in [-0.2, 0) is 53.3 Å². The zero-order chi connectivity index (χ0) is 25.8. The zero-order valence-electron chi connectivity index (χ0n) is 20.5. The van der Waals surface area contributed by atoms with E-state index in [1.807, 2.05) is 0 Å². The molecule has 2 aliphatic carbocycles. The zero-order valence-corrected chi connectivity index (χ0v) is 21.4. The molecule has 2 aromatic carbocycles. The molecule has 0 spiro atoms. The number of sulfonamides is 1. The number of carbonyl (C=O) groups excluding carboxylic acids is 2. The summed E-state index contributed by atoms with van der Waals surface area (Å²) in [6.45, 7) is 0.433. The Morgan fingerprint density at radius 2 is 1.49 bits per heavy atom. The van der Waals surface area contributed by atoms with Crippen molar-refractivity contribution < 1.29 is 18.0 Å². The van der Waals surface area contributed by atoms with Gasteiger partial charge in [0.15, 0.2) is 0 Å². The van der Waals surface area contributed by atoms with E-state index in [2.05, 4.69) is 26.4 Å². The number of hydrogen-bond donors (Lipinski definition) is 3. The fourth-order valence-electron chi connectivity index (χ4n) is 5.22. The molecular formula is C28H30N4O4S. The first-order valence-corrected chi connectivity index (χ1v) is 14.1. The summed E-state index contributed by atoms with van der Waals surface area (Å²) in [5.41, 5.74) is 7.39. The minimum atomic E-state index is -4.03. The van der Waals surface area contributed by atoms with Gasteiger partial charge in [-0.15, -0.1) is 0 Å². The Balaban J connectivity index is 1.16. The van der Waals surface area contributed by atoms with E-state index in [-0.39, 0.29) is 17.2 Å². The summed E-state index contributed by atoms with van der Waals surface area (Å²) in [6, 6.07) is 11.5. The summed E-state index contributed by atoms with van der Waals surface area (Å²) in [6.07, 6.45) is 10.0. The van der Waals surface area contributed by atoms with E-state index < -0.39 is 16.1 Å². The van der Waals surface area contributed by atoms with E-state index in [0.717, 1.165) is 66.5 Å². The first-order chi connectivity index (χ1) is 17.9. The third kappa shape index (κ3) is 5.83. The number of fused-ring (bicyclic) bond motifs is 2. The van der Waals surface area contributed by atoms with Crippen molar-refractivity contribution in [1.82, 2.24) is 15.0 Å². The Morgan fingerprint density at radius 3 is 2.14 bits per heavy atom. The Morgan fingerprint density at radius 1 is 0.838 bits per heavy atom. The fourth-order valence-corrected chi connectivity index (χ4v) is 6.12. The highest BCUT2D eigenvalue weighted by molar-refractivity contribution is 7.90. The van der Waals surface area contributed by atoms with Crippen LogP contribution in [0.1, 0.15) is 46.2 Å². The molecule has 0 unspecified atom stereocenters. The Kier molecular flexibility index (Phi) is 7.23. The van der Waals surface area contributed by atoms with Crippen molar-refractivity contribution in [3.8, 4) is 0 Å². The van der Waals surface area contributed by atoms with Gasteiger partial charge in [-0.25, -0.2) is 17.9 Å². The van der Waals surface area contributed by atoms with E-state index in [0.29, 0.717) is 13.0 Å². The number of aryl methyl sites for hydroxylation is 2. The molecule has 1 heterocycles. The van der Waals surface area contributed by atoms with Gasteiger partial charge in [-0.2, -0.15) is 0 Å². The molecule has 5 rings (SSSR count). The van der Waals surface area contributed by atoms with Crippen LogP contribution in [0.5, 0.6) is 0 Å². The van der Waals surface area contributed by atoms with Crippen LogP contribution in [0.25, 0.3) is 0 Å². The number of rotatable bonds is 8. The van der Waals surface area contributed by atoms with E-state index in [9.17, 15) is 18.0 Å². The lowest BCUT2D eigenvalue weighted by atomic mass is 9.99. The van der Waals surface area contributed by atoms with Gasteiger partial charge < -0.3 is 10.6 Å². The molecule has 0 saturated carbocycles. The standard InChI is InChI=1S/C28H30N4O4S/c33-26(17-20-11-14-29-15-12-20)30-16-13-19-7-9-23(10-8-19)37(35,36)32-28(34)31-27-24-5-1-3-21(24)18-22-4-2-6-25(22)27/h7-12,14-15,18H,1-6,13,16-17H2,(H,30,33)(H2,31,32,34). The molecule has 2 aliphatic rings. The number of nitrogens with one attached hydrogen (secondary N) is 3. The highest BCUT2D eigenvalue weighted by Gasteiger charge is 2.26. The highest BCUT2D eigenvalue weighted by atomic mass is 32.2. The molecule has 9 heteroatoms. The molecule has 0 bridgehead atoms. The molecule has 8 nitrogen and oxygen atoms in total. The lowest BCUT2D eigenvalue weighted by Crippen LogP contribution is -2.35. The Hall–Kier alpha value is -3.72. The van der Waals surface area contributed by atoms with Crippen molar-refractivity contribution in [3.63, 3.8) is 0 Å². The second kappa shape index (κ2) is 10.7. The van der Waals surface area contributed by atoms with Crippen molar-refractivity contribution in [2.75, 3.05) is 11.9 Å². The van der Waals surface area contributed by atoms with Gasteiger partial charge in [0, 0.05) is 24.6 Å². The van der Waals surface area contributed by atoms with Gasteiger partial charge in [-0.1, -0.05) is 18.2 Å². The first-order valence-electron chi connectivity index (χ1n) is 12.6. The van der Waals surface area contributed by atoms with Crippen LogP contribution in [-0.4, -0.2) is 31.9 Å². The van der Waals surface area contributed by atoms with Crippen molar-refractivity contribution in [3.05, 3.63) is 88.2 Å². The maximum Gasteiger partial charge on any atom is 0.333 e. The molecule has 0 radical (unpaired) electrons. The van der Waals surface area contributed by atoms with Crippen LogP contribution in [0.3, 0.4) is 0 Å². The maximum atomic E-state index is 12.9. The monoisotopic (exact) mass is 518 g/mol. The van der Waals surface area contributed by atoms with Crippen LogP contribution in [0, 0.1) is 0 Å². The normalized spacial score (nSPS) is 14.1. The number of aromatic nitrogens is 1. The van der Waals surface area contributed by atoms with Crippen LogP contribution in [0.15, 0.2) is 59.8 Å². The summed E-state index contributed by atoms with van der Waals surface area (Å²) < 4.78 is 27.9. The quantitative estimate of drug-likeness (QED) is 0.422. The van der Waals surface area contributed by atoms with Crippen molar-refractivity contribution in [1.29, 1.82) is 0 Å². The van der Waals surface area contributed by atoms with Crippen LogP contribution in [0.4, 0.5) is 10.5 Å². The molecule has 192 valence electrons. The number of amides is 3. The molecule has 3 aromatic rings. The third-order valence-corrected chi connectivity index (χ3v) is 8.37. The van der Waals surface area contributed by atoms with Crippen molar-refractivity contribution in [2.24, 2.45) is 0 Å². The van der Waals surface area contributed by atoms with Gasteiger partial charge in [0.1, 0.15) is 0 Å². The predicted molar refractivity (Wildman–Crippen MR) is 141 cm³/mol. The maximum absolute atomic E-state index is 12.9. The van der Waals surface area contributed by atoms with Gasteiger partial charge in [-0.05, 0) is 103 Å². The average Bonchev–Trinajstić information content (AvgIpc) is 3.54. The molecule has 0 aliphatic heterocycles. The van der Waals surface area contributed by atoms with E-state index >= 15 is 0 Å². The Bertz CT molecular complexity index is 1390. The summed E-state index contributed by atoms with van der Waals surface area (Å²) in [4.78, 5) is 28.8. The van der Waals surface area contributed by atoms with Gasteiger partial charge in [0.05, 0.1) is 11.3 Å². The lowest BCUT2D eigenvalue weighted by molar-refractivity contribution is -0.120. The first kappa shape index (κ1) is 25.0. The summed E-state index contributed by atoms with van der Waals surface area (Å²) in [5.74, 6) is -0.0877. The summed E-state index contributed by atoms with van der Waals surface area (Å²) >= 11 is 0. The molecule has 0 saturated heterocycles. The smallest absolute Gasteiger partial charge is 0.333 e. The van der Waals surface area contributed by atoms with E-state index in [1.54, 1.807) is 36.7 Å². The summed E-state index contributed by atoms with van der Waals surface area (Å²) in [5, 5.41) is 5.73. The topological polar surface area (TPSA) is 117 Å². The van der Waals surface area contributed by atoms with Gasteiger partial charge in [-0.3, -0.25) is 9.78 Å². The van der Waals surface area contributed by atoms with Crippen LogP contribution < -0.4 is 15.4 Å². The van der Waals surface area contributed by atoms with Crippen molar-refractivity contribution >= 4 is 27.6 Å². The number of pyridine rings is 1. The number of hydrogen-bond acceptors (Lipinski definition) is 5. The number of urea groups is 1. The molecule has 1 aromatic heterocycles. The number of anilines is 1. The minimum Gasteiger partial charge on any atom is -0.355 e. The molecule has 37 heavy (non-hydrogen) atoms. The second-order valence-electron chi connectivity index (χ2n) is 9.57. The largest absolute Gasteiger partial charge is 0.355 e. The average molecular weight is 519 g/mol. The van der Waals surface area contributed by atoms with E-state index in [4.69, 9.17) is 0 Å². The highest BCUT2D eigenvalue weighted by Crippen LogP contribution is 2.38. The van der Waals surface area contributed by atoms with Gasteiger partial charge in [0.25, 0.3) is 10.0 Å². The number of nitrogens with zero attached hydrogens (tertiary/aromatic N) is 1.